The van der Waals surface area contributed by atoms with E-state index in [1.165, 1.54) is 18.3 Å². The van der Waals surface area contributed by atoms with Crippen LogP contribution in [-0.2, 0) is 16.1 Å². The Bertz CT molecular complexity index is 1160. The molecule has 4 aromatic rings. The van der Waals surface area contributed by atoms with Crippen molar-refractivity contribution in [3.8, 4) is 10.6 Å². The molecule has 7 nitrogen and oxygen atoms in total. The van der Waals surface area contributed by atoms with E-state index in [-0.39, 0.29) is 11.8 Å². The summed E-state index contributed by atoms with van der Waals surface area (Å²) in [5, 5.41) is 9.08. The lowest BCUT2D eigenvalue weighted by Crippen LogP contribution is -2.17. The first-order chi connectivity index (χ1) is 15.1. The number of aromatic amines is 1. The molecule has 4 rings (SSSR count). The molecule has 31 heavy (non-hydrogen) atoms. The van der Waals surface area contributed by atoms with Gasteiger partial charge in [-0.3, -0.25) is 9.59 Å². The number of hydrogen-bond acceptors (Lipinski definition) is 7. The zero-order valence-electron chi connectivity index (χ0n) is 16.8. The molecule has 10 heteroatoms. The fraction of sp³-hybridized carbons (Fsp3) is 0.238. The molecule has 3 N–H and O–H groups in total. The Balaban J connectivity index is 1.22. The van der Waals surface area contributed by atoms with E-state index in [1.807, 2.05) is 41.8 Å². The number of rotatable bonds is 9. The summed E-state index contributed by atoms with van der Waals surface area (Å²) in [4.78, 5) is 37.7. The van der Waals surface area contributed by atoms with E-state index in [1.54, 1.807) is 23.1 Å². The highest BCUT2D eigenvalue weighted by Crippen LogP contribution is 2.31. The molecule has 3 aromatic heterocycles. The minimum absolute atomic E-state index is 0.0383. The number of thioether (sulfide) groups is 1. The third-order valence-corrected chi connectivity index (χ3v) is 7.16. The minimum Gasteiger partial charge on any atom is -0.351 e. The second-order valence-corrected chi connectivity index (χ2v) is 9.88. The molecule has 0 aliphatic rings. The Morgan fingerprint density at radius 1 is 1.16 bits per heavy atom. The SMILES string of the molecule is CC(=O)NCc1ccc(-c2csc(NC(=O)CCCSc3nc4ccccc4[nH]3)n2)s1. The van der Waals surface area contributed by atoms with E-state index in [4.69, 9.17) is 0 Å². The second-order valence-electron chi connectivity index (χ2n) is 6.77. The van der Waals surface area contributed by atoms with Crippen molar-refractivity contribution in [1.29, 1.82) is 0 Å². The number of nitrogens with one attached hydrogen (secondary N) is 3. The average molecular weight is 472 g/mol. The molecule has 3 heterocycles. The van der Waals surface area contributed by atoms with Crippen LogP contribution in [0.1, 0.15) is 24.6 Å². The number of H-pyrrole nitrogens is 1. The quantitative estimate of drug-likeness (QED) is 0.238. The predicted octanol–water partition coefficient (Wildman–Crippen LogP) is 4.90. The number of carbonyl (C=O) groups is 2. The summed E-state index contributed by atoms with van der Waals surface area (Å²) in [5.41, 5.74) is 2.81. The number of anilines is 1. The molecule has 0 aliphatic heterocycles. The summed E-state index contributed by atoms with van der Waals surface area (Å²) >= 11 is 4.61. The third kappa shape index (κ3) is 5.93. The second kappa shape index (κ2) is 10.1. The lowest BCUT2D eigenvalue weighted by atomic mass is 10.3. The first-order valence-corrected chi connectivity index (χ1v) is 12.4. The van der Waals surface area contributed by atoms with Crippen LogP contribution in [0, 0.1) is 0 Å². The number of hydrogen-bond donors (Lipinski definition) is 3. The lowest BCUT2D eigenvalue weighted by Gasteiger charge is -2.01. The summed E-state index contributed by atoms with van der Waals surface area (Å²) < 4.78 is 0. The van der Waals surface area contributed by atoms with Gasteiger partial charge in [-0.2, -0.15) is 0 Å². The Morgan fingerprint density at radius 3 is 2.87 bits per heavy atom. The largest absolute Gasteiger partial charge is 0.351 e. The van der Waals surface area contributed by atoms with Gasteiger partial charge in [0.1, 0.15) is 0 Å². The highest BCUT2D eigenvalue weighted by Gasteiger charge is 2.11. The summed E-state index contributed by atoms with van der Waals surface area (Å²) in [6.45, 7) is 2.02. The van der Waals surface area contributed by atoms with Gasteiger partial charge in [0.15, 0.2) is 10.3 Å². The van der Waals surface area contributed by atoms with Gasteiger partial charge in [0.05, 0.1) is 28.1 Å². The molecule has 0 bridgehead atoms. The topological polar surface area (TPSA) is 99.8 Å². The standard InChI is InChI=1S/C21H21N5O2S3/c1-13(27)22-11-14-8-9-18(31-14)17-12-30-21(25-17)26-19(28)7-4-10-29-20-23-15-5-2-3-6-16(15)24-20/h2-3,5-6,8-9,12H,4,7,10-11H2,1H3,(H,22,27)(H,23,24)(H,25,26,28). The van der Waals surface area contributed by atoms with Crippen LogP contribution in [-0.4, -0.2) is 32.5 Å². The van der Waals surface area contributed by atoms with Crippen molar-refractivity contribution in [2.24, 2.45) is 0 Å². The van der Waals surface area contributed by atoms with Crippen molar-refractivity contribution < 1.29 is 9.59 Å². The molecule has 2 amide bonds. The monoisotopic (exact) mass is 471 g/mol. The highest BCUT2D eigenvalue weighted by molar-refractivity contribution is 7.99. The van der Waals surface area contributed by atoms with Crippen molar-refractivity contribution in [3.63, 3.8) is 0 Å². The van der Waals surface area contributed by atoms with Gasteiger partial charge >= 0.3 is 0 Å². The maximum absolute atomic E-state index is 12.2. The summed E-state index contributed by atoms with van der Waals surface area (Å²) in [6, 6.07) is 11.9. The number of thiazole rings is 1. The smallest absolute Gasteiger partial charge is 0.226 e. The van der Waals surface area contributed by atoms with E-state index < -0.39 is 0 Å². The number of imidazole rings is 1. The first-order valence-electron chi connectivity index (χ1n) is 9.73. The number of amides is 2. The number of nitrogens with zero attached hydrogens (tertiary/aromatic N) is 2. The number of thiophene rings is 1. The van der Waals surface area contributed by atoms with E-state index in [2.05, 4.69) is 25.6 Å². The maximum atomic E-state index is 12.2. The average Bonchev–Trinajstić information content (AvgIpc) is 3.48. The van der Waals surface area contributed by atoms with Gasteiger partial charge < -0.3 is 15.6 Å². The fourth-order valence-corrected chi connectivity index (χ4v) is 5.38. The van der Waals surface area contributed by atoms with Gasteiger partial charge in [0, 0.05) is 29.4 Å². The number of para-hydroxylation sites is 2. The molecule has 0 unspecified atom stereocenters. The summed E-state index contributed by atoms with van der Waals surface area (Å²) in [7, 11) is 0. The number of fused-ring (bicyclic) bond motifs is 1. The third-order valence-electron chi connectivity index (χ3n) is 4.33. The van der Waals surface area contributed by atoms with E-state index in [9.17, 15) is 9.59 Å². The molecule has 160 valence electrons. The van der Waals surface area contributed by atoms with Crippen LogP contribution < -0.4 is 10.6 Å². The molecule has 0 saturated heterocycles. The van der Waals surface area contributed by atoms with Gasteiger partial charge in [-0.05, 0) is 30.7 Å². The Kier molecular flexibility index (Phi) is 7.00. The Morgan fingerprint density at radius 2 is 2.03 bits per heavy atom. The number of carbonyl (C=O) groups excluding carboxylic acids is 2. The maximum Gasteiger partial charge on any atom is 0.226 e. The van der Waals surface area contributed by atoms with Crippen molar-refractivity contribution in [3.05, 3.63) is 46.7 Å². The fourth-order valence-electron chi connectivity index (χ4n) is 2.85. The van der Waals surface area contributed by atoms with Gasteiger partial charge in [0.2, 0.25) is 11.8 Å². The predicted molar refractivity (Wildman–Crippen MR) is 128 cm³/mol. The zero-order valence-corrected chi connectivity index (χ0v) is 19.3. The highest BCUT2D eigenvalue weighted by atomic mass is 32.2. The zero-order chi connectivity index (χ0) is 21.6. The van der Waals surface area contributed by atoms with Gasteiger partial charge in [-0.1, -0.05) is 23.9 Å². The van der Waals surface area contributed by atoms with Crippen molar-refractivity contribution in [2.75, 3.05) is 11.1 Å². The number of benzene rings is 1. The van der Waals surface area contributed by atoms with Gasteiger partial charge in [0.25, 0.3) is 0 Å². The van der Waals surface area contributed by atoms with Crippen molar-refractivity contribution >= 4 is 62.4 Å². The van der Waals surface area contributed by atoms with Crippen LogP contribution in [0.15, 0.2) is 46.9 Å². The van der Waals surface area contributed by atoms with Crippen molar-refractivity contribution in [2.45, 2.75) is 31.5 Å². The van der Waals surface area contributed by atoms with Crippen LogP contribution >= 0.6 is 34.4 Å². The molecule has 0 aliphatic carbocycles. The van der Waals surface area contributed by atoms with E-state index >= 15 is 0 Å². The molecular formula is C21H21N5O2S3. The van der Waals surface area contributed by atoms with Crippen LogP contribution in [0.2, 0.25) is 0 Å². The van der Waals surface area contributed by atoms with Gasteiger partial charge in [-0.15, -0.1) is 22.7 Å². The molecule has 0 fully saturated rings. The molecule has 1 aromatic carbocycles. The van der Waals surface area contributed by atoms with Crippen molar-refractivity contribution in [1.82, 2.24) is 20.3 Å². The Labute approximate surface area is 191 Å². The normalized spacial score (nSPS) is 11.0. The number of aromatic nitrogens is 3. The Hall–Kier alpha value is -2.69. The van der Waals surface area contributed by atoms with Gasteiger partial charge in [-0.25, -0.2) is 9.97 Å². The van der Waals surface area contributed by atoms with Crippen LogP contribution in [0.25, 0.3) is 21.6 Å². The van der Waals surface area contributed by atoms with Crippen LogP contribution in [0.5, 0.6) is 0 Å². The lowest BCUT2D eigenvalue weighted by molar-refractivity contribution is -0.119. The molecule has 0 radical (unpaired) electrons. The molecular weight excluding hydrogens is 450 g/mol. The minimum atomic E-state index is -0.0513. The molecule has 0 spiro atoms. The molecule has 0 atom stereocenters. The molecule has 0 saturated carbocycles. The van der Waals surface area contributed by atoms with Crippen LogP contribution in [0.3, 0.4) is 0 Å². The summed E-state index contributed by atoms with van der Waals surface area (Å²) in [5.74, 6) is 0.719. The van der Waals surface area contributed by atoms with Crippen LogP contribution in [0.4, 0.5) is 5.13 Å². The first kappa shape index (κ1) is 21.5. The van der Waals surface area contributed by atoms with E-state index in [0.29, 0.717) is 18.1 Å². The summed E-state index contributed by atoms with van der Waals surface area (Å²) in [6.07, 6.45) is 1.19. The van der Waals surface area contributed by atoms with E-state index in [0.717, 1.165) is 43.8 Å².